The topological polar surface area (TPSA) is 12.9 Å². The summed E-state index contributed by atoms with van der Waals surface area (Å²) < 4.78 is 37.8. The normalized spacial score (nSPS) is 12.3. The number of thiazole rings is 1. The number of fused-ring (bicyclic) bond motifs is 1. The number of aryl methyl sites for hydroxylation is 2. The van der Waals surface area contributed by atoms with E-state index in [0.29, 0.717) is 21.6 Å². The summed E-state index contributed by atoms with van der Waals surface area (Å²) in [5.41, 5.74) is 2.21. The second-order valence-corrected chi connectivity index (χ2v) is 4.45. The summed E-state index contributed by atoms with van der Waals surface area (Å²) in [6.07, 6.45) is -4.34. The Bertz CT molecular complexity index is 513. The average molecular weight is 231 g/mol. The van der Waals surface area contributed by atoms with E-state index in [1.807, 2.05) is 13.0 Å². The molecule has 0 saturated heterocycles. The summed E-state index contributed by atoms with van der Waals surface area (Å²) in [5.74, 6) is 0. The fraction of sp³-hybridized carbons (Fsp3) is 0.300. The number of rotatable bonds is 0. The van der Waals surface area contributed by atoms with Gasteiger partial charge < -0.3 is 0 Å². The SMILES string of the molecule is Cc1cc(C)c2sc(C(F)(F)F)nc2c1. The number of hydrogen-bond acceptors (Lipinski definition) is 2. The lowest BCUT2D eigenvalue weighted by molar-refractivity contribution is -0.137. The smallest absolute Gasteiger partial charge is 0.232 e. The fourth-order valence-electron chi connectivity index (χ4n) is 1.50. The molecular weight excluding hydrogens is 223 g/mol. The molecule has 0 atom stereocenters. The highest BCUT2D eigenvalue weighted by Crippen LogP contribution is 2.36. The molecule has 1 nitrogen and oxygen atoms in total. The van der Waals surface area contributed by atoms with Gasteiger partial charge in [0.05, 0.1) is 10.2 Å². The Morgan fingerprint density at radius 1 is 1.20 bits per heavy atom. The van der Waals surface area contributed by atoms with E-state index < -0.39 is 11.2 Å². The van der Waals surface area contributed by atoms with Crippen LogP contribution in [0.25, 0.3) is 10.2 Å². The Hall–Kier alpha value is -1.10. The van der Waals surface area contributed by atoms with Crippen LogP contribution >= 0.6 is 11.3 Å². The first kappa shape index (κ1) is 10.4. The molecule has 80 valence electrons. The van der Waals surface area contributed by atoms with Gasteiger partial charge in [-0.3, -0.25) is 0 Å². The van der Waals surface area contributed by atoms with Crippen LogP contribution in [0.5, 0.6) is 0 Å². The van der Waals surface area contributed by atoms with Gasteiger partial charge in [-0.1, -0.05) is 6.07 Å². The number of aromatic nitrogens is 1. The number of alkyl halides is 3. The molecule has 1 aromatic heterocycles. The van der Waals surface area contributed by atoms with E-state index in [1.54, 1.807) is 13.0 Å². The Kier molecular flexibility index (Phi) is 2.22. The molecule has 0 aliphatic carbocycles. The molecule has 0 bridgehead atoms. The van der Waals surface area contributed by atoms with Gasteiger partial charge in [0.2, 0.25) is 0 Å². The third-order valence-electron chi connectivity index (χ3n) is 2.06. The van der Waals surface area contributed by atoms with Crippen molar-refractivity contribution < 1.29 is 13.2 Å². The molecule has 0 spiro atoms. The maximum Gasteiger partial charge on any atom is 0.443 e. The van der Waals surface area contributed by atoms with E-state index in [1.165, 1.54) is 0 Å². The molecule has 0 saturated carbocycles. The standard InChI is InChI=1S/C10H8F3NS/c1-5-3-6(2)8-7(4-5)14-9(15-8)10(11,12)13/h3-4H,1-2H3. The van der Waals surface area contributed by atoms with Crippen molar-refractivity contribution in [2.45, 2.75) is 20.0 Å². The molecule has 1 aromatic carbocycles. The second-order valence-electron chi connectivity index (χ2n) is 3.45. The quantitative estimate of drug-likeness (QED) is 0.669. The van der Waals surface area contributed by atoms with Gasteiger partial charge in [-0.2, -0.15) is 13.2 Å². The van der Waals surface area contributed by atoms with Crippen LogP contribution in [0, 0.1) is 13.8 Å². The van der Waals surface area contributed by atoms with E-state index in [9.17, 15) is 13.2 Å². The van der Waals surface area contributed by atoms with Crippen LogP contribution < -0.4 is 0 Å². The largest absolute Gasteiger partial charge is 0.443 e. The van der Waals surface area contributed by atoms with Crippen molar-refractivity contribution in [3.05, 3.63) is 28.3 Å². The Balaban J connectivity index is 2.71. The average Bonchev–Trinajstić information content (AvgIpc) is 2.46. The number of nitrogens with zero attached hydrogens (tertiary/aromatic N) is 1. The first-order valence-electron chi connectivity index (χ1n) is 4.33. The van der Waals surface area contributed by atoms with Crippen molar-refractivity contribution in [3.63, 3.8) is 0 Å². The van der Waals surface area contributed by atoms with Gasteiger partial charge in [0.25, 0.3) is 0 Å². The molecular formula is C10H8F3NS. The van der Waals surface area contributed by atoms with E-state index in [2.05, 4.69) is 4.98 Å². The van der Waals surface area contributed by atoms with Crippen molar-refractivity contribution in [2.24, 2.45) is 0 Å². The van der Waals surface area contributed by atoms with Crippen molar-refractivity contribution >= 4 is 21.6 Å². The molecule has 15 heavy (non-hydrogen) atoms. The van der Waals surface area contributed by atoms with E-state index in [0.717, 1.165) is 11.1 Å². The Labute approximate surface area is 88.6 Å². The number of benzene rings is 1. The summed E-state index contributed by atoms with van der Waals surface area (Å²) in [6.45, 7) is 3.65. The predicted molar refractivity (Wildman–Crippen MR) is 54.1 cm³/mol. The maximum atomic E-state index is 12.4. The molecule has 0 unspecified atom stereocenters. The van der Waals surface area contributed by atoms with Crippen LogP contribution in [0.1, 0.15) is 16.1 Å². The summed E-state index contributed by atoms with van der Waals surface area (Å²) in [6, 6.07) is 3.54. The Morgan fingerprint density at radius 2 is 1.87 bits per heavy atom. The van der Waals surface area contributed by atoms with Gasteiger partial charge in [-0.05, 0) is 31.0 Å². The van der Waals surface area contributed by atoms with Crippen molar-refractivity contribution in [3.8, 4) is 0 Å². The lowest BCUT2D eigenvalue weighted by Crippen LogP contribution is -2.03. The van der Waals surface area contributed by atoms with Gasteiger partial charge >= 0.3 is 6.18 Å². The molecule has 0 aliphatic rings. The van der Waals surface area contributed by atoms with E-state index in [-0.39, 0.29) is 0 Å². The summed E-state index contributed by atoms with van der Waals surface area (Å²) in [5, 5.41) is -0.772. The second kappa shape index (κ2) is 3.20. The monoisotopic (exact) mass is 231 g/mol. The summed E-state index contributed by atoms with van der Waals surface area (Å²) in [4.78, 5) is 3.60. The van der Waals surface area contributed by atoms with Crippen LogP contribution in [0.4, 0.5) is 13.2 Å². The van der Waals surface area contributed by atoms with Crippen LogP contribution in [0.3, 0.4) is 0 Å². The first-order chi connectivity index (χ1) is 6.88. The molecule has 2 rings (SSSR count). The molecule has 0 fully saturated rings. The molecule has 0 radical (unpaired) electrons. The lowest BCUT2D eigenvalue weighted by atomic mass is 10.1. The third-order valence-corrected chi connectivity index (χ3v) is 3.31. The summed E-state index contributed by atoms with van der Waals surface area (Å²) in [7, 11) is 0. The highest BCUT2D eigenvalue weighted by molar-refractivity contribution is 7.18. The molecule has 0 amide bonds. The van der Waals surface area contributed by atoms with Gasteiger partial charge in [0.1, 0.15) is 0 Å². The molecule has 5 heteroatoms. The zero-order valence-electron chi connectivity index (χ0n) is 8.14. The number of hydrogen-bond donors (Lipinski definition) is 0. The zero-order valence-corrected chi connectivity index (χ0v) is 8.96. The van der Waals surface area contributed by atoms with Gasteiger partial charge in [-0.25, -0.2) is 4.98 Å². The van der Waals surface area contributed by atoms with Gasteiger partial charge in [-0.15, -0.1) is 11.3 Å². The lowest BCUT2D eigenvalue weighted by Gasteiger charge is -1.98. The van der Waals surface area contributed by atoms with Gasteiger partial charge in [0, 0.05) is 0 Å². The number of halogens is 3. The molecule has 0 aliphatic heterocycles. The van der Waals surface area contributed by atoms with Crippen molar-refractivity contribution in [1.29, 1.82) is 0 Å². The minimum atomic E-state index is -4.34. The minimum absolute atomic E-state index is 0.435. The van der Waals surface area contributed by atoms with Crippen molar-refractivity contribution in [1.82, 2.24) is 4.98 Å². The maximum absolute atomic E-state index is 12.4. The Morgan fingerprint density at radius 3 is 2.47 bits per heavy atom. The molecule has 2 aromatic rings. The fourth-order valence-corrected chi connectivity index (χ4v) is 2.38. The first-order valence-corrected chi connectivity index (χ1v) is 5.14. The van der Waals surface area contributed by atoms with E-state index >= 15 is 0 Å². The molecule has 1 heterocycles. The molecule has 0 N–H and O–H groups in total. The van der Waals surface area contributed by atoms with Crippen molar-refractivity contribution in [2.75, 3.05) is 0 Å². The van der Waals surface area contributed by atoms with Crippen LogP contribution in [0.2, 0.25) is 0 Å². The third kappa shape index (κ3) is 1.84. The predicted octanol–water partition coefficient (Wildman–Crippen LogP) is 3.93. The van der Waals surface area contributed by atoms with Crippen LogP contribution in [-0.2, 0) is 6.18 Å². The van der Waals surface area contributed by atoms with Gasteiger partial charge in [0.15, 0.2) is 5.01 Å². The van der Waals surface area contributed by atoms with Crippen LogP contribution in [-0.4, -0.2) is 4.98 Å². The highest BCUT2D eigenvalue weighted by atomic mass is 32.1. The minimum Gasteiger partial charge on any atom is -0.232 e. The van der Waals surface area contributed by atoms with E-state index in [4.69, 9.17) is 0 Å². The van der Waals surface area contributed by atoms with Crippen LogP contribution in [0.15, 0.2) is 12.1 Å². The zero-order chi connectivity index (χ0) is 11.2. The summed E-state index contributed by atoms with van der Waals surface area (Å²) >= 11 is 0.703. The highest BCUT2D eigenvalue weighted by Gasteiger charge is 2.35.